The number of carbonyl (C=O) groups is 2. The molecule has 1 amide bonds. The van der Waals surface area contributed by atoms with Gasteiger partial charge in [-0.1, -0.05) is 40.9 Å². The molecule has 2 rings (SSSR count). The zero-order chi connectivity index (χ0) is 15.6. The predicted molar refractivity (Wildman–Crippen MR) is 80.2 cm³/mol. The number of carboxylic acids is 1. The van der Waals surface area contributed by atoms with Crippen molar-refractivity contribution < 1.29 is 14.7 Å². The zero-order valence-electron chi connectivity index (χ0n) is 10.7. The van der Waals surface area contributed by atoms with Crippen LogP contribution in [0.5, 0.6) is 0 Å². The number of halogens is 3. The molecule has 0 aliphatic heterocycles. The third-order valence-corrected chi connectivity index (χ3v) is 4.19. The lowest BCUT2D eigenvalue weighted by atomic mass is 9.82. The fraction of sp³-hybridized carbons (Fsp3) is 0.286. The Hall–Kier alpha value is -1.23. The standard InChI is InChI=1S/C14H12Cl3NO3/c15-7-1-3-9(14(20)21)10(5-7)13(19)18-12-6-8(16)2-4-11(12)17/h1-2,4,6,9-10H,3,5H2,(H,18,19)(H,20,21)/p-1/t9-,10+/m1/s1. The van der Waals surface area contributed by atoms with E-state index in [1.807, 2.05) is 0 Å². The number of nitrogens with one attached hydrogen (secondary N) is 1. The number of carboxylic acid groups (broad SMARTS) is 1. The van der Waals surface area contributed by atoms with Crippen molar-refractivity contribution in [3.8, 4) is 0 Å². The second kappa shape index (κ2) is 6.69. The second-order valence-corrected chi connectivity index (χ2v) is 6.07. The summed E-state index contributed by atoms with van der Waals surface area (Å²) in [6, 6.07) is 4.63. The smallest absolute Gasteiger partial charge is 0.228 e. The molecule has 0 unspecified atom stereocenters. The minimum absolute atomic E-state index is 0.157. The van der Waals surface area contributed by atoms with Crippen molar-refractivity contribution >= 4 is 52.4 Å². The van der Waals surface area contributed by atoms with Gasteiger partial charge < -0.3 is 15.2 Å². The lowest BCUT2D eigenvalue weighted by Crippen LogP contribution is -2.42. The van der Waals surface area contributed by atoms with Crippen LogP contribution in [0.3, 0.4) is 0 Å². The summed E-state index contributed by atoms with van der Waals surface area (Å²) in [5.41, 5.74) is 0.331. The first-order chi connectivity index (χ1) is 9.88. The van der Waals surface area contributed by atoms with Crippen LogP contribution in [0.1, 0.15) is 12.8 Å². The fourth-order valence-corrected chi connectivity index (χ4v) is 2.80. The Kier molecular flexibility index (Phi) is 5.14. The Morgan fingerprint density at radius 1 is 1.19 bits per heavy atom. The van der Waals surface area contributed by atoms with E-state index in [2.05, 4.69) is 5.32 Å². The van der Waals surface area contributed by atoms with Gasteiger partial charge in [-0.2, -0.15) is 0 Å². The zero-order valence-corrected chi connectivity index (χ0v) is 13.0. The van der Waals surface area contributed by atoms with Gasteiger partial charge in [0.1, 0.15) is 0 Å². The summed E-state index contributed by atoms with van der Waals surface area (Å²) in [6.45, 7) is 0. The Morgan fingerprint density at radius 3 is 2.57 bits per heavy atom. The molecule has 1 aliphatic rings. The van der Waals surface area contributed by atoms with E-state index in [9.17, 15) is 14.7 Å². The summed E-state index contributed by atoms with van der Waals surface area (Å²) in [6.07, 6.45) is 1.92. The minimum atomic E-state index is -1.27. The van der Waals surface area contributed by atoms with Gasteiger partial charge in [0.2, 0.25) is 5.91 Å². The lowest BCUT2D eigenvalue weighted by Gasteiger charge is -2.29. The van der Waals surface area contributed by atoms with Crippen LogP contribution < -0.4 is 10.4 Å². The molecule has 1 aromatic rings. The van der Waals surface area contributed by atoms with E-state index in [0.29, 0.717) is 20.8 Å². The summed E-state index contributed by atoms with van der Waals surface area (Å²) in [5, 5.41) is 14.9. The molecule has 21 heavy (non-hydrogen) atoms. The van der Waals surface area contributed by atoms with Crippen molar-refractivity contribution in [2.75, 3.05) is 5.32 Å². The van der Waals surface area contributed by atoms with Crippen molar-refractivity contribution in [3.05, 3.63) is 39.4 Å². The normalized spacial score (nSPS) is 21.6. The molecule has 112 valence electrons. The maximum atomic E-state index is 12.3. The van der Waals surface area contributed by atoms with Crippen molar-refractivity contribution in [3.63, 3.8) is 0 Å². The molecular formula is C14H11Cl3NO3-. The molecule has 7 heteroatoms. The minimum Gasteiger partial charge on any atom is -0.550 e. The predicted octanol–water partition coefficient (Wildman–Crippen LogP) is 2.83. The fourth-order valence-electron chi connectivity index (χ4n) is 2.21. The van der Waals surface area contributed by atoms with E-state index in [-0.39, 0.29) is 12.8 Å². The van der Waals surface area contributed by atoms with Crippen LogP contribution in [-0.4, -0.2) is 11.9 Å². The van der Waals surface area contributed by atoms with E-state index >= 15 is 0 Å². The summed E-state index contributed by atoms with van der Waals surface area (Å²) in [7, 11) is 0. The number of rotatable bonds is 3. The highest BCUT2D eigenvalue weighted by atomic mass is 35.5. The van der Waals surface area contributed by atoms with E-state index in [4.69, 9.17) is 34.8 Å². The van der Waals surface area contributed by atoms with Crippen LogP contribution in [0.15, 0.2) is 29.3 Å². The highest BCUT2D eigenvalue weighted by Gasteiger charge is 2.32. The summed E-state index contributed by atoms with van der Waals surface area (Å²) >= 11 is 17.7. The third-order valence-electron chi connectivity index (χ3n) is 3.32. The molecule has 0 aromatic heterocycles. The van der Waals surface area contributed by atoms with Gasteiger partial charge in [-0.25, -0.2) is 0 Å². The maximum Gasteiger partial charge on any atom is 0.228 e. The number of amides is 1. The molecule has 0 spiro atoms. The monoisotopic (exact) mass is 346 g/mol. The SMILES string of the molecule is O=C(Nc1cc(Cl)ccc1Cl)[C@H]1CC(Cl)=CC[C@H]1C(=O)[O-]. The average Bonchev–Trinajstić information content (AvgIpc) is 2.42. The van der Waals surface area contributed by atoms with Crippen LogP contribution in [-0.2, 0) is 9.59 Å². The van der Waals surface area contributed by atoms with E-state index < -0.39 is 23.7 Å². The average molecular weight is 348 g/mol. The van der Waals surface area contributed by atoms with Gasteiger partial charge in [-0.15, -0.1) is 0 Å². The highest BCUT2D eigenvalue weighted by molar-refractivity contribution is 6.35. The number of hydrogen-bond donors (Lipinski definition) is 1. The third kappa shape index (κ3) is 3.90. The van der Waals surface area contributed by atoms with Gasteiger partial charge in [0.15, 0.2) is 0 Å². The van der Waals surface area contributed by atoms with Crippen LogP contribution in [0.25, 0.3) is 0 Å². The molecule has 0 fully saturated rings. The highest BCUT2D eigenvalue weighted by Crippen LogP contribution is 2.33. The van der Waals surface area contributed by atoms with Gasteiger partial charge in [0.05, 0.1) is 16.6 Å². The Labute approximate surface area is 136 Å². The number of benzene rings is 1. The number of allylic oxidation sites excluding steroid dienone is 2. The van der Waals surface area contributed by atoms with E-state index in [1.165, 1.54) is 6.07 Å². The summed E-state index contributed by atoms with van der Waals surface area (Å²) in [5.74, 6) is -3.46. The van der Waals surface area contributed by atoms with Crippen molar-refractivity contribution in [1.29, 1.82) is 0 Å². The summed E-state index contributed by atoms with van der Waals surface area (Å²) in [4.78, 5) is 23.4. The molecule has 1 aliphatic carbocycles. The molecule has 0 bridgehead atoms. The van der Waals surface area contributed by atoms with Gasteiger partial charge in [0, 0.05) is 21.9 Å². The largest absolute Gasteiger partial charge is 0.550 e. The molecule has 0 heterocycles. The van der Waals surface area contributed by atoms with Crippen LogP contribution in [0, 0.1) is 11.8 Å². The Morgan fingerprint density at radius 2 is 1.90 bits per heavy atom. The molecular weight excluding hydrogens is 337 g/mol. The van der Waals surface area contributed by atoms with Crippen molar-refractivity contribution in [2.24, 2.45) is 11.8 Å². The van der Waals surface area contributed by atoms with Gasteiger partial charge in [-0.3, -0.25) is 4.79 Å². The number of anilines is 1. The molecule has 1 aromatic carbocycles. The lowest BCUT2D eigenvalue weighted by molar-refractivity contribution is -0.313. The number of aliphatic carboxylic acids is 1. The van der Waals surface area contributed by atoms with Crippen LogP contribution >= 0.6 is 34.8 Å². The van der Waals surface area contributed by atoms with Gasteiger partial charge in [-0.05, 0) is 31.0 Å². The van der Waals surface area contributed by atoms with Crippen LogP contribution in [0.4, 0.5) is 5.69 Å². The van der Waals surface area contributed by atoms with E-state index in [0.717, 1.165) is 0 Å². The molecule has 2 atom stereocenters. The van der Waals surface area contributed by atoms with Gasteiger partial charge >= 0.3 is 0 Å². The first-order valence-corrected chi connectivity index (χ1v) is 7.33. The first-order valence-electron chi connectivity index (χ1n) is 6.20. The molecule has 0 saturated heterocycles. The molecule has 0 radical (unpaired) electrons. The summed E-state index contributed by atoms with van der Waals surface area (Å²) < 4.78 is 0. The van der Waals surface area contributed by atoms with Gasteiger partial charge in [0.25, 0.3) is 0 Å². The van der Waals surface area contributed by atoms with E-state index in [1.54, 1.807) is 18.2 Å². The van der Waals surface area contributed by atoms with Crippen LogP contribution in [0.2, 0.25) is 10.0 Å². The quantitative estimate of drug-likeness (QED) is 0.914. The first kappa shape index (κ1) is 16.1. The second-order valence-electron chi connectivity index (χ2n) is 4.74. The Balaban J connectivity index is 2.20. The molecule has 1 N–H and O–H groups in total. The Bertz CT molecular complexity index is 615. The molecule has 4 nitrogen and oxygen atoms in total. The number of hydrogen-bond acceptors (Lipinski definition) is 3. The molecule has 0 saturated carbocycles. The topological polar surface area (TPSA) is 69.2 Å². The van der Waals surface area contributed by atoms with Crippen molar-refractivity contribution in [1.82, 2.24) is 0 Å². The van der Waals surface area contributed by atoms with Crippen molar-refractivity contribution in [2.45, 2.75) is 12.8 Å². The number of carbonyl (C=O) groups excluding carboxylic acids is 2. The maximum absolute atomic E-state index is 12.3.